The molecule has 2 aromatic rings. The maximum atomic E-state index is 15.9. The number of aromatic nitrogens is 1. The van der Waals surface area contributed by atoms with Crippen LogP contribution in [0.1, 0.15) is 88.2 Å². The Morgan fingerprint density at radius 2 is 1.89 bits per heavy atom. The van der Waals surface area contributed by atoms with E-state index in [1.54, 1.807) is 17.7 Å². The number of carboxylic acids is 1. The molecule has 3 atom stereocenters. The SMILES string of the molecule is CCCC(C)(C)[C@@H]1[C@H](C(C)CC)c2cc(OCCCOC)c(OC)cc2-c2c(F)c(=O)c(C(=O)O)cn21. The average molecular weight is 518 g/mol. The topological polar surface area (TPSA) is 87.0 Å². The number of ether oxygens (including phenoxy) is 3. The third-order valence-electron chi connectivity index (χ3n) is 7.70. The molecule has 8 heteroatoms. The van der Waals surface area contributed by atoms with E-state index in [1.165, 1.54) is 13.3 Å². The Morgan fingerprint density at radius 1 is 1.19 bits per heavy atom. The van der Waals surface area contributed by atoms with Crippen molar-refractivity contribution in [3.8, 4) is 22.8 Å². The Bertz CT molecular complexity index is 1190. The number of fused-ring (bicyclic) bond motifs is 3. The summed E-state index contributed by atoms with van der Waals surface area (Å²) in [5, 5.41) is 9.71. The van der Waals surface area contributed by atoms with Crippen LogP contribution >= 0.6 is 0 Å². The molecule has 1 N–H and O–H groups in total. The second-order valence-corrected chi connectivity index (χ2v) is 10.6. The number of halogens is 1. The molecule has 0 aliphatic carbocycles. The molecule has 0 bridgehead atoms. The maximum Gasteiger partial charge on any atom is 0.341 e. The van der Waals surface area contributed by atoms with Gasteiger partial charge in [0.05, 0.1) is 19.4 Å². The molecule has 0 saturated heterocycles. The summed E-state index contributed by atoms with van der Waals surface area (Å²) in [5.41, 5.74) is -0.490. The van der Waals surface area contributed by atoms with Crippen molar-refractivity contribution in [3.63, 3.8) is 0 Å². The number of benzene rings is 1. The highest BCUT2D eigenvalue weighted by Crippen LogP contribution is 2.56. The molecule has 0 radical (unpaired) electrons. The van der Waals surface area contributed by atoms with Crippen LogP contribution in [-0.4, -0.2) is 43.1 Å². The highest BCUT2D eigenvalue weighted by molar-refractivity contribution is 5.88. The molecule has 2 heterocycles. The van der Waals surface area contributed by atoms with Gasteiger partial charge >= 0.3 is 5.97 Å². The number of nitrogens with zero attached hydrogens (tertiary/aromatic N) is 1. The van der Waals surface area contributed by atoms with Gasteiger partial charge in [-0.15, -0.1) is 0 Å². The van der Waals surface area contributed by atoms with Crippen LogP contribution < -0.4 is 14.9 Å². The molecule has 1 aromatic carbocycles. The summed E-state index contributed by atoms with van der Waals surface area (Å²) in [4.78, 5) is 24.8. The highest BCUT2D eigenvalue weighted by atomic mass is 19.1. The first-order valence-corrected chi connectivity index (χ1v) is 13.1. The van der Waals surface area contributed by atoms with Gasteiger partial charge in [-0.05, 0) is 35.4 Å². The Hall–Kier alpha value is -2.87. The first-order valence-electron chi connectivity index (χ1n) is 13.1. The minimum atomic E-state index is -1.44. The Morgan fingerprint density at radius 3 is 2.46 bits per heavy atom. The number of aromatic carboxylic acids is 1. The van der Waals surface area contributed by atoms with Gasteiger partial charge in [0.15, 0.2) is 17.3 Å². The van der Waals surface area contributed by atoms with E-state index in [9.17, 15) is 14.7 Å². The zero-order valence-electron chi connectivity index (χ0n) is 23.0. The minimum Gasteiger partial charge on any atom is -0.493 e. The molecule has 3 rings (SSSR count). The Balaban J connectivity index is 2.40. The van der Waals surface area contributed by atoms with Crippen molar-refractivity contribution in [2.45, 2.75) is 72.3 Å². The van der Waals surface area contributed by atoms with Crippen molar-refractivity contribution in [2.24, 2.45) is 11.3 Å². The highest BCUT2D eigenvalue weighted by Gasteiger charge is 2.45. The molecule has 37 heavy (non-hydrogen) atoms. The largest absolute Gasteiger partial charge is 0.493 e. The summed E-state index contributed by atoms with van der Waals surface area (Å²) in [6.07, 6.45) is 4.65. The van der Waals surface area contributed by atoms with Gasteiger partial charge in [-0.25, -0.2) is 9.18 Å². The molecule has 0 saturated carbocycles. The number of rotatable bonds is 12. The van der Waals surface area contributed by atoms with Crippen LogP contribution in [0, 0.1) is 17.2 Å². The smallest absolute Gasteiger partial charge is 0.341 e. The van der Waals surface area contributed by atoms with Crippen LogP contribution in [0.4, 0.5) is 4.39 Å². The van der Waals surface area contributed by atoms with E-state index < -0.39 is 22.8 Å². The van der Waals surface area contributed by atoms with Crippen molar-refractivity contribution in [1.29, 1.82) is 0 Å². The first-order chi connectivity index (χ1) is 17.5. The first kappa shape index (κ1) is 28.7. The third kappa shape index (κ3) is 5.40. The van der Waals surface area contributed by atoms with Crippen molar-refractivity contribution in [3.05, 3.63) is 45.5 Å². The van der Waals surface area contributed by atoms with Crippen molar-refractivity contribution >= 4 is 5.97 Å². The van der Waals surface area contributed by atoms with Crippen LogP contribution in [0.5, 0.6) is 11.5 Å². The second-order valence-electron chi connectivity index (χ2n) is 10.6. The van der Waals surface area contributed by atoms with Gasteiger partial charge in [0.1, 0.15) is 5.56 Å². The molecule has 0 spiro atoms. The lowest BCUT2D eigenvalue weighted by Crippen LogP contribution is -2.40. The lowest BCUT2D eigenvalue weighted by Gasteiger charge is -2.48. The normalized spacial score (nSPS) is 17.6. The molecule has 7 nitrogen and oxygen atoms in total. The van der Waals surface area contributed by atoms with Gasteiger partial charge in [0, 0.05) is 43.9 Å². The van der Waals surface area contributed by atoms with Gasteiger partial charge in [-0.3, -0.25) is 4.79 Å². The van der Waals surface area contributed by atoms with E-state index in [4.69, 9.17) is 14.2 Å². The molecule has 1 aliphatic heterocycles. The average Bonchev–Trinajstić information content (AvgIpc) is 2.86. The standard InChI is InChI=1S/C29H40FNO6/c1-8-11-29(4,5)27-23(17(3)9-2)18-14-22(37-13-10-12-35-6)21(36-7)15-19(18)25-24(30)26(32)20(28(33)34)16-31(25)27/h14-17,23,27H,8-13H2,1-7H3,(H,33,34)/t17?,23-,27+/m1/s1. The van der Waals surface area contributed by atoms with Crippen molar-refractivity contribution < 1.29 is 28.5 Å². The summed E-state index contributed by atoms with van der Waals surface area (Å²) in [7, 11) is 3.15. The van der Waals surface area contributed by atoms with E-state index in [0.717, 1.165) is 24.8 Å². The third-order valence-corrected chi connectivity index (χ3v) is 7.70. The summed E-state index contributed by atoms with van der Waals surface area (Å²) < 4.78 is 34.4. The van der Waals surface area contributed by atoms with Gasteiger partial charge < -0.3 is 23.9 Å². The van der Waals surface area contributed by atoms with Gasteiger partial charge in [0.25, 0.3) is 0 Å². The van der Waals surface area contributed by atoms with Crippen LogP contribution in [-0.2, 0) is 4.74 Å². The number of pyridine rings is 1. The van der Waals surface area contributed by atoms with Crippen LogP contribution in [0.2, 0.25) is 0 Å². The zero-order valence-corrected chi connectivity index (χ0v) is 23.0. The fourth-order valence-corrected chi connectivity index (χ4v) is 5.81. The monoisotopic (exact) mass is 517 g/mol. The Labute approximate surface area is 218 Å². The predicted octanol–water partition coefficient (Wildman–Crippen LogP) is 6.29. The van der Waals surface area contributed by atoms with E-state index in [-0.39, 0.29) is 29.0 Å². The minimum absolute atomic E-state index is 0.0789. The molecule has 1 aliphatic rings. The quantitative estimate of drug-likeness (QED) is 0.333. The fraction of sp³-hybridized carbons (Fsp3) is 0.586. The number of hydrogen-bond donors (Lipinski definition) is 1. The van der Waals surface area contributed by atoms with E-state index in [2.05, 4.69) is 34.6 Å². The lowest BCUT2D eigenvalue weighted by molar-refractivity contribution is 0.0691. The van der Waals surface area contributed by atoms with Crippen molar-refractivity contribution in [1.82, 2.24) is 4.57 Å². The van der Waals surface area contributed by atoms with E-state index in [1.807, 2.05) is 6.07 Å². The van der Waals surface area contributed by atoms with E-state index >= 15 is 4.39 Å². The number of methoxy groups -OCH3 is 2. The molecule has 1 unspecified atom stereocenters. The summed E-state index contributed by atoms with van der Waals surface area (Å²) in [6.45, 7) is 11.6. The molecule has 1 aromatic heterocycles. The summed E-state index contributed by atoms with van der Waals surface area (Å²) >= 11 is 0. The predicted molar refractivity (Wildman–Crippen MR) is 142 cm³/mol. The summed E-state index contributed by atoms with van der Waals surface area (Å²) in [6, 6.07) is 3.35. The molecular formula is C29H40FNO6. The van der Waals surface area contributed by atoms with Crippen LogP contribution in [0.25, 0.3) is 11.3 Å². The van der Waals surface area contributed by atoms with Gasteiger partial charge in [-0.1, -0.05) is 47.5 Å². The fourth-order valence-electron chi connectivity index (χ4n) is 5.81. The molecule has 0 amide bonds. The molecule has 0 fully saturated rings. The second kappa shape index (κ2) is 11.7. The zero-order chi connectivity index (χ0) is 27.5. The molecular weight excluding hydrogens is 477 g/mol. The number of carbonyl (C=O) groups is 1. The maximum absolute atomic E-state index is 15.9. The van der Waals surface area contributed by atoms with Gasteiger partial charge in [0.2, 0.25) is 5.43 Å². The number of hydrogen-bond acceptors (Lipinski definition) is 5. The number of carboxylic acid groups (broad SMARTS) is 1. The Kier molecular flexibility index (Phi) is 9.05. The summed E-state index contributed by atoms with van der Waals surface area (Å²) in [5.74, 6) is -1.42. The van der Waals surface area contributed by atoms with Crippen LogP contribution in [0.3, 0.4) is 0 Å². The molecule has 204 valence electrons. The van der Waals surface area contributed by atoms with Crippen molar-refractivity contribution in [2.75, 3.05) is 27.4 Å². The van der Waals surface area contributed by atoms with Gasteiger partial charge in [-0.2, -0.15) is 0 Å². The van der Waals surface area contributed by atoms with E-state index in [0.29, 0.717) is 36.7 Å². The van der Waals surface area contributed by atoms with Crippen LogP contribution in [0.15, 0.2) is 23.1 Å². The lowest BCUT2D eigenvalue weighted by atomic mass is 9.65.